The molecule has 3 rings (SSSR count). The quantitative estimate of drug-likeness (QED) is 0.604. The Kier molecular flexibility index (Phi) is 6.10. The number of para-hydroxylation sites is 2. The van der Waals surface area contributed by atoms with Gasteiger partial charge >= 0.3 is 0 Å². The molecule has 8 nitrogen and oxygen atoms in total. The summed E-state index contributed by atoms with van der Waals surface area (Å²) in [7, 11) is 0. The third-order valence-corrected chi connectivity index (χ3v) is 5.03. The number of nitrogens with zero attached hydrogens (tertiary/aromatic N) is 2. The number of benzene rings is 2. The van der Waals surface area contributed by atoms with E-state index < -0.39 is 10.8 Å². The van der Waals surface area contributed by atoms with Crippen molar-refractivity contribution >= 4 is 34.8 Å². The number of hydrazine groups is 1. The number of carbonyl (C=O) groups excluding carboxylic acids is 2. The van der Waals surface area contributed by atoms with Crippen LogP contribution in [0.15, 0.2) is 48.5 Å². The number of rotatable bonds is 4. The molecule has 0 spiro atoms. The van der Waals surface area contributed by atoms with E-state index in [1.165, 1.54) is 6.07 Å². The monoisotopic (exact) mass is 402 g/mol. The molecule has 146 valence electrons. The Hall–Kier alpha value is -3.13. The highest BCUT2D eigenvalue weighted by atomic mass is 35.5. The van der Waals surface area contributed by atoms with Crippen LogP contribution in [0.5, 0.6) is 0 Å². The Morgan fingerprint density at radius 3 is 2.36 bits per heavy atom. The first kappa shape index (κ1) is 19.6. The predicted molar refractivity (Wildman–Crippen MR) is 105 cm³/mol. The van der Waals surface area contributed by atoms with Crippen LogP contribution in [0.25, 0.3) is 0 Å². The van der Waals surface area contributed by atoms with E-state index in [-0.39, 0.29) is 23.1 Å². The number of carbonyl (C=O) groups is 2. The molecule has 0 saturated carbocycles. The number of anilines is 1. The molecule has 9 heteroatoms. The van der Waals surface area contributed by atoms with Crippen LogP contribution in [0.3, 0.4) is 0 Å². The highest BCUT2D eigenvalue weighted by molar-refractivity contribution is 6.33. The maximum atomic E-state index is 12.4. The lowest BCUT2D eigenvalue weighted by molar-refractivity contribution is -0.384. The summed E-state index contributed by atoms with van der Waals surface area (Å²) < 4.78 is 0. The maximum Gasteiger partial charge on any atom is 0.292 e. The van der Waals surface area contributed by atoms with Crippen molar-refractivity contribution in [2.24, 2.45) is 5.92 Å². The van der Waals surface area contributed by atoms with Gasteiger partial charge in [0.25, 0.3) is 11.6 Å². The zero-order chi connectivity index (χ0) is 20.1. The summed E-state index contributed by atoms with van der Waals surface area (Å²) in [6, 6.07) is 13.1. The van der Waals surface area contributed by atoms with Gasteiger partial charge in [0.15, 0.2) is 0 Å². The third kappa shape index (κ3) is 4.40. The Morgan fingerprint density at radius 1 is 1.04 bits per heavy atom. The van der Waals surface area contributed by atoms with Gasteiger partial charge in [-0.2, -0.15) is 0 Å². The van der Waals surface area contributed by atoms with Gasteiger partial charge in [-0.15, -0.1) is 0 Å². The molecular weight excluding hydrogens is 384 g/mol. The molecule has 0 aromatic heterocycles. The minimum absolute atomic E-state index is 0.0532. The average Bonchev–Trinajstić information content (AvgIpc) is 2.72. The number of nitro groups is 1. The van der Waals surface area contributed by atoms with Crippen LogP contribution in [0.2, 0.25) is 5.02 Å². The molecule has 1 aliphatic rings. The van der Waals surface area contributed by atoms with E-state index in [1.54, 1.807) is 42.5 Å². The molecule has 1 aliphatic heterocycles. The van der Waals surface area contributed by atoms with Crippen molar-refractivity contribution in [3.63, 3.8) is 0 Å². The average molecular weight is 403 g/mol. The van der Waals surface area contributed by atoms with E-state index in [1.807, 2.05) is 4.90 Å². The van der Waals surface area contributed by atoms with Gasteiger partial charge in [-0.05, 0) is 31.0 Å². The van der Waals surface area contributed by atoms with Gasteiger partial charge < -0.3 is 4.90 Å². The second-order valence-electron chi connectivity index (χ2n) is 6.43. The molecule has 0 bridgehead atoms. The zero-order valence-electron chi connectivity index (χ0n) is 14.9. The van der Waals surface area contributed by atoms with Crippen molar-refractivity contribution in [3.05, 3.63) is 69.2 Å². The zero-order valence-corrected chi connectivity index (χ0v) is 15.7. The van der Waals surface area contributed by atoms with Crippen molar-refractivity contribution in [2.75, 3.05) is 18.0 Å². The number of piperidine rings is 1. The van der Waals surface area contributed by atoms with E-state index in [2.05, 4.69) is 10.9 Å². The van der Waals surface area contributed by atoms with E-state index in [4.69, 9.17) is 11.6 Å². The Balaban J connectivity index is 1.54. The molecule has 1 fully saturated rings. The van der Waals surface area contributed by atoms with Gasteiger partial charge in [-0.1, -0.05) is 35.9 Å². The SMILES string of the molecule is O=C(NNC(=O)C1CCN(c2ccccc2[N+](=O)[O-])CC1)c1ccccc1Cl. The number of hydrogen-bond acceptors (Lipinski definition) is 5. The fraction of sp³-hybridized carbons (Fsp3) is 0.263. The summed E-state index contributed by atoms with van der Waals surface area (Å²) >= 11 is 5.97. The second-order valence-corrected chi connectivity index (χ2v) is 6.84. The Labute approximate surface area is 166 Å². The lowest BCUT2D eigenvalue weighted by Crippen LogP contribution is -2.47. The number of nitrogens with one attached hydrogen (secondary N) is 2. The topological polar surface area (TPSA) is 105 Å². The second kappa shape index (κ2) is 8.71. The van der Waals surface area contributed by atoms with Gasteiger partial charge in [0, 0.05) is 25.1 Å². The predicted octanol–water partition coefficient (Wildman–Crippen LogP) is 2.93. The van der Waals surface area contributed by atoms with Crippen molar-refractivity contribution in [3.8, 4) is 0 Å². The minimum Gasteiger partial charge on any atom is -0.366 e. The minimum atomic E-state index is -0.490. The van der Waals surface area contributed by atoms with Crippen LogP contribution >= 0.6 is 11.6 Å². The lowest BCUT2D eigenvalue weighted by Gasteiger charge is -2.32. The molecule has 28 heavy (non-hydrogen) atoms. The van der Waals surface area contributed by atoms with Crippen molar-refractivity contribution in [1.29, 1.82) is 0 Å². The molecule has 0 atom stereocenters. The Bertz CT molecular complexity index is 897. The van der Waals surface area contributed by atoms with Crippen LogP contribution in [0.1, 0.15) is 23.2 Å². The van der Waals surface area contributed by atoms with E-state index in [0.29, 0.717) is 36.6 Å². The number of halogens is 1. The van der Waals surface area contributed by atoms with Gasteiger partial charge in [-0.25, -0.2) is 0 Å². The summed E-state index contributed by atoms with van der Waals surface area (Å²) in [5.74, 6) is -1.07. The van der Waals surface area contributed by atoms with Gasteiger partial charge in [0.05, 0.1) is 15.5 Å². The van der Waals surface area contributed by atoms with Crippen LogP contribution < -0.4 is 15.8 Å². The number of hydrogen-bond donors (Lipinski definition) is 2. The summed E-state index contributed by atoms with van der Waals surface area (Å²) in [6.07, 6.45) is 1.06. The van der Waals surface area contributed by atoms with Gasteiger partial charge in [0.2, 0.25) is 5.91 Å². The Morgan fingerprint density at radius 2 is 1.68 bits per heavy atom. The maximum absolute atomic E-state index is 12.4. The van der Waals surface area contributed by atoms with E-state index in [9.17, 15) is 19.7 Å². The molecular formula is C19H19ClN4O4. The first-order chi connectivity index (χ1) is 13.5. The van der Waals surface area contributed by atoms with Gasteiger partial charge in [-0.3, -0.25) is 30.6 Å². The van der Waals surface area contributed by atoms with Crippen LogP contribution in [-0.2, 0) is 4.79 Å². The molecule has 0 aliphatic carbocycles. The molecule has 2 aromatic rings. The molecule has 2 amide bonds. The third-order valence-electron chi connectivity index (χ3n) is 4.70. The lowest BCUT2D eigenvalue weighted by atomic mass is 9.95. The largest absolute Gasteiger partial charge is 0.366 e. The highest BCUT2D eigenvalue weighted by Crippen LogP contribution is 2.31. The van der Waals surface area contributed by atoms with E-state index in [0.717, 1.165) is 0 Å². The number of nitro benzene ring substituents is 1. The van der Waals surface area contributed by atoms with Crippen molar-refractivity contribution in [2.45, 2.75) is 12.8 Å². The molecule has 2 aromatic carbocycles. The standard InChI is InChI=1S/C19H19ClN4O4/c20-15-6-2-1-5-14(15)19(26)22-21-18(25)13-9-11-23(12-10-13)16-7-3-4-8-17(16)24(27)28/h1-8,13H,9-12H2,(H,21,25)(H,22,26). The summed E-state index contributed by atoms with van der Waals surface area (Å²) in [5, 5.41) is 11.5. The molecule has 0 unspecified atom stereocenters. The molecule has 1 saturated heterocycles. The van der Waals surface area contributed by atoms with Crippen LogP contribution in [-0.4, -0.2) is 29.8 Å². The molecule has 2 N–H and O–H groups in total. The molecule has 0 radical (unpaired) electrons. The summed E-state index contributed by atoms with van der Waals surface area (Å²) in [4.78, 5) is 37.2. The number of amides is 2. The first-order valence-corrected chi connectivity index (χ1v) is 9.18. The fourth-order valence-corrected chi connectivity index (χ4v) is 3.42. The van der Waals surface area contributed by atoms with Crippen LogP contribution in [0, 0.1) is 16.0 Å². The highest BCUT2D eigenvalue weighted by Gasteiger charge is 2.28. The normalized spacial score (nSPS) is 14.4. The first-order valence-electron chi connectivity index (χ1n) is 8.80. The van der Waals surface area contributed by atoms with Crippen LogP contribution in [0.4, 0.5) is 11.4 Å². The van der Waals surface area contributed by atoms with Crippen molar-refractivity contribution < 1.29 is 14.5 Å². The molecule has 1 heterocycles. The van der Waals surface area contributed by atoms with Gasteiger partial charge in [0.1, 0.15) is 5.69 Å². The van der Waals surface area contributed by atoms with E-state index >= 15 is 0 Å². The summed E-state index contributed by atoms with van der Waals surface area (Å²) in [5.41, 5.74) is 5.70. The van der Waals surface area contributed by atoms with Crippen molar-refractivity contribution in [1.82, 2.24) is 10.9 Å². The fourth-order valence-electron chi connectivity index (χ4n) is 3.20. The summed E-state index contributed by atoms with van der Waals surface area (Å²) in [6.45, 7) is 1.03. The smallest absolute Gasteiger partial charge is 0.292 e.